The first-order valence-electron chi connectivity index (χ1n) is 8.11. The summed E-state index contributed by atoms with van der Waals surface area (Å²) in [6, 6.07) is 0.786. The zero-order chi connectivity index (χ0) is 14.4. The predicted octanol–water partition coefficient (Wildman–Crippen LogP) is 1.54. The van der Waals surface area contributed by atoms with Crippen molar-refractivity contribution in [3.8, 4) is 0 Å². The van der Waals surface area contributed by atoms with Gasteiger partial charge in [-0.05, 0) is 25.3 Å². The van der Waals surface area contributed by atoms with Crippen LogP contribution in [0.3, 0.4) is 0 Å². The van der Waals surface area contributed by atoms with Crippen molar-refractivity contribution in [2.24, 2.45) is 5.92 Å². The Bertz CT molecular complexity index is 305. The topological polar surface area (TPSA) is 44.8 Å². The van der Waals surface area contributed by atoms with Crippen LogP contribution in [-0.4, -0.2) is 67.8 Å². The minimum atomic E-state index is 0.209. The molecule has 0 aromatic heterocycles. The van der Waals surface area contributed by atoms with Crippen LogP contribution in [0.15, 0.2) is 0 Å². The molecule has 2 atom stereocenters. The van der Waals surface area contributed by atoms with Crippen LogP contribution >= 0.6 is 0 Å². The van der Waals surface area contributed by atoms with E-state index in [1.807, 2.05) is 9.80 Å². The molecular formula is C15H29N3O2. The molecule has 2 fully saturated rings. The fourth-order valence-corrected chi connectivity index (χ4v) is 3.17. The Hall–Kier alpha value is -0.810. The van der Waals surface area contributed by atoms with Gasteiger partial charge in [0.2, 0.25) is 0 Å². The summed E-state index contributed by atoms with van der Waals surface area (Å²) in [4.78, 5) is 16.5. The van der Waals surface area contributed by atoms with Crippen molar-refractivity contribution in [2.45, 2.75) is 39.2 Å². The van der Waals surface area contributed by atoms with Gasteiger partial charge in [0.1, 0.15) is 0 Å². The van der Waals surface area contributed by atoms with E-state index < -0.39 is 0 Å². The van der Waals surface area contributed by atoms with Gasteiger partial charge in [-0.3, -0.25) is 0 Å². The summed E-state index contributed by atoms with van der Waals surface area (Å²) < 4.78 is 5.32. The van der Waals surface area contributed by atoms with E-state index in [4.69, 9.17) is 4.74 Å². The van der Waals surface area contributed by atoms with Gasteiger partial charge < -0.3 is 19.9 Å². The minimum absolute atomic E-state index is 0.209. The summed E-state index contributed by atoms with van der Waals surface area (Å²) in [5, 5.41) is 3.64. The van der Waals surface area contributed by atoms with E-state index in [1.165, 1.54) is 6.42 Å². The van der Waals surface area contributed by atoms with Crippen LogP contribution in [0.25, 0.3) is 0 Å². The van der Waals surface area contributed by atoms with E-state index >= 15 is 0 Å². The van der Waals surface area contributed by atoms with Gasteiger partial charge >= 0.3 is 6.03 Å². The number of hydrogen-bond donors (Lipinski definition) is 1. The van der Waals surface area contributed by atoms with Gasteiger partial charge in [-0.1, -0.05) is 20.3 Å². The number of hydrogen-bond acceptors (Lipinski definition) is 3. The highest BCUT2D eigenvalue weighted by molar-refractivity contribution is 5.74. The molecule has 2 heterocycles. The lowest BCUT2D eigenvalue weighted by atomic mass is 9.90. The van der Waals surface area contributed by atoms with E-state index in [0.717, 1.165) is 45.6 Å². The van der Waals surface area contributed by atoms with E-state index in [9.17, 15) is 4.79 Å². The maximum atomic E-state index is 12.5. The lowest BCUT2D eigenvalue weighted by Gasteiger charge is -2.41. The highest BCUT2D eigenvalue weighted by Crippen LogP contribution is 2.21. The zero-order valence-corrected chi connectivity index (χ0v) is 12.9. The Morgan fingerprint density at radius 2 is 1.95 bits per heavy atom. The Labute approximate surface area is 122 Å². The largest absolute Gasteiger partial charge is 0.378 e. The normalized spacial score (nSPS) is 27.7. The molecule has 2 unspecified atom stereocenters. The number of morpholine rings is 1. The molecule has 2 aliphatic heterocycles. The highest BCUT2D eigenvalue weighted by Gasteiger charge is 2.32. The molecule has 0 radical (unpaired) electrons. The molecule has 2 aliphatic rings. The van der Waals surface area contributed by atoms with Crippen molar-refractivity contribution >= 4 is 6.03 Å². The predicted molar refractivity (Wildman–Crippen MR) is 79.8 cm³/mol. The third-order valence-corrected chi connectivity index (χ3v) is 4.47. The lowest BCUT2D eigenvalue weighted by molar-refractivity contribution is 0.0369. The Morgan fingerprint density at radius 1 is 1.20 bits per heavy atom. The van der Waals surface area contributed by atoms with Crippen LogP contribution in [0.2, 0.25) is 0 Å². The number of carbonyl (C=O) groups excluding carboxylic acids is 1. The quantitative estimate of drug-likeness (QED) is 0.851. The van der Waals surface area contributed by atoms with Gasteiger partial charge in [0, 0.05) is 32.2 Å². The molecule has 0 aromatic carbocycles. The number of carbonyl (C=O) groups is 1. The van der Waals surface area contributed by atoms with Crippen LogP contribution < -0.4 is 5.32 Å². The third kappa shape index (κ3) is 3.85. The molecule has 116 valence electrons. The second kappa shape index (κ2) is 7.84. The van der Waals surface area contributed by atoms with Gasteiger partial charge in [-0.2, -0.15) is 0 Å². The summed E-state index contributed by atoms with van der Waals surface area (Å²) in [5.74, 6) is 0.584. The first-order chi connectivity index (χ1) is 9.76. The summed E-state index contributed by atoms with van der Waals surface area (Å²) in [6.07, 6.45) is 3.38. The molecule has 5 nitrogen and oxygen atoms in total. The standard InChI is InChI=1S/C15H29N3O2/c1-3-6-16-14-5-7-18(12-13(14)4-2)15(19)17-8-10-20-11-9-17/h13-14,16H,3-12H2,1-2H3. The summed E-state index contributed by atoms with van der Waals surface area (Å²) in [6.45, 7) is 10.1. The molecule has 0 bridgehead atoms. The second-order valence-corrected chi connectivity index (χ2v) is 5.85. The number of rotatable bonds is 4. The fraction of sp³-hybridized carbons (Fsp3) is 0.933. The molecule has 20 heavy (non-hydrogen) atoms. The maximum Gasteiger partial charge on any atom is 0.320 e. The Balaban J connectivity index is 1.86. The zero-order valence-electron chi connectivity index (χ0n) is 12.9. The number of nitrogens with one attached hydrogen (secondary N) is 1. The number of piperidine rings is 1. The van der Waals surface area contributed by atoms with Gasteiger partial charge in [0.25, 0.3) is 0 Å². The molecule has 2 rings (SSSR count). The molecule has 2 saturated heterocycles. The molecular weight excluding hydrogens is 254 g/mol. The van der Waals surface area contributed by atoms with Gasteiger partial charge in [0.05, 0.1) is 13.2 Å². The average Bonchev–Trinajstić information content (AvgIpc) is 2.52. The van der Waals surface area contributed by atoms with Gasteiger partial charge in [0.15, 0.2) is 0 Å². The monoisotopic (exact) mass is 283 g/mol. The number of amides is 2. The van der Waals surface area contributed by atoms with E-state index in [1.54, 1.807) is 0 Å². The van der Waals surface area contributed by atoms with Crippen molar-refractivity contribution in [1.29, 1.82) is 0 Å². The van der Waals surface area contributed by atoms with Crippen molar-refractivity contribution in [3.63, 3.8) is 0 Å². The molecule has 0 spiro atoms. The van der Waals surface area contributed by atoms with E-state index in [0.29, 0.717) is 25.2 Å². The van der Waals surface area contributed by atoms with Crippen LogP contribution in [0, 0.1) is 5.92 Å². The minimum Gasteiger partial charge on any atom is -0.378 e. The SMILES string of the molecule is CCCNC1CCN(C(=O)N2CCOCC2)CC1CC. The fourth-order valence-electron chi connectivity index (χ4n) is 3.17. The Kier molecular flexibility index (Phi) is 6.10. The molecule has 5 heteroatoms. The third-order valence-electron chi connectivity index (χ3n) is 4.47. The molecule has 0 aliphatic carbocycles. The average molecular weight is 283 g/mol. The van der Waals surface area contributed by atoms with Crippen molar-refractivity contribution in [1.82, 2.24) is 15.1 Å². The maximum absolute atomic E-state index is 12.5. The lowest BCUT2D eigenvalue weighted by Crippen LogP contribution is -2.55. The molecule has 2 amide bonds. The van der Waals surface area contributed by atoms with Crippen LogP contribution in [0.5, 0.6) is 0 Å². The van der Waals surface area contributed by atoms with Crippen LogP contribution in [0.1, 0.15) is 33.1 Å². The summed E-state index contributed by atoms with van der Waals surface area (Å²) >= 11 is 0. The number of likely N-dealkylation sites (tertiary alicyclic amines) is 1. The highest BCUT2D eigenvalue weighted by atomic mass is 16.5. The van der Waals surface area contributed by atoms with Crippen molar-refractivity contribution in [2.75, 3.05) is 45.9 Å². The van der Waals surface area contributed by atoms with Gasteiger partial charge in [-0.25, -0.2) is 4.79 Å². The molecule has 0 aromatic rings. The number of nitrogens with zero attached hydrogens (tertiary/aromatic N) is 2. The van der Waals surface area contributed by atoms with E-state index in [-0.39, 0.29) is 6.03 Å². The van der Waals surface area contributed by atoms with E-state index in [2.05, 4.69) is 19.2 Å². The first-order valence-corrected chi connectivity index (χ1v) is 8.11. The molecule has 0 saturated carbocycles. The van der Waals surface area contributed by atoms with Gasteiger partial charge in [-0.15, -0.1) is 0 Å². The summed E-state index contributed by atoms with van der Waals surface area (Å²) in [7, 11) is 0. The Morgan fingerprint density at radius 3 is 2.60 bits per heavy atom. The number of ether oxygens (including phenoxy) is 1. The van der Waals surface area contributed by atoms with Crippen LogP contribution in [-0.2, 0) is 4.74 Å². The number of urea groups is 1. The van der Waals surface area contributed by atoms with Crippen molar-refractivity contribution in [3.05, 3.63) is 0 Å². The first kappa shape index (κ1) is 15.6. The smallest absolute Gasteiger partial charge is 0.320 e. The second-order valence-electron chi connectivity index (χ2n) is 5.85. The summed E-state index contributed by atoms with van der Waals surface area (Å²) in [5.41, 5.74) is 0. The van der Waals surface area contributed by atoms with Crippen LogP contribution in [0.4, 0.5) is 4.79 Å². The van der Waals surface area contributed by atoms with Crippen molar-refractivity contribution < 1.29 is 9.53 Å². The molecule has 1 N–H and O–H groups in total.